The fraction of sp³-hybridized carbons (Fsp3) is 0. The lowest BCUT2D eigenvalue weighted by Crippen LogP contribution is -1.76. The number of nitrogen functional groups attached to an aromatic ring is 1. The van der Waals surface area contributed by atoms with Crippen molar-refractivity contribution in [1.29, 1.82) is 0 Å². The monoisotopic (exact) mass is 111 g/mol. The molecule has 2 N–H and O–H groups in total. The van der Waals surface area contributed by atoms with Gasteiger partial charge in [-0.05, 0) is 0 Å². The van der Waals surface area contributed by atoms with E-state index in [0.717, 1.165) is 0 Å². The third-order valence-corrected chi connectivity index (χ3v) is 0.756. The normalized spacial score (nSPS) is 9.00. The van der Waals surface area contributed by atoms with Crippen molar-refractivity contribution in [2.24, 2.45) is 0 Å². The van der Waals surface area contributed by atoms with Gasteiger partial charge in [-0.2, -0.15) is 0 Å². The first-order chi connectivity index (χ1) is 3.83. The molecule has 1 aromatic rings. The topological polar surface area (TPSA) is 56.2 Å². The van der Waals surface area contributed by atoms with E-state index in [1.165, 1.54) is 12.3 Å². The van der Waals surface area contributed by atoms with Gasteiger partial charge in [-0.3, -0.25) is 4.79 Å². The molecule has 0 saturated heterocycles. The van der Waals surface area contributed by atoms with E-state index in [1.54, 1.807) is 0 Å². The van der Waals surface area contributed by atoms with E-state index in [1.807, 2.05) is 0 Å². The van der Waals surface area contributed by atoms with E-state index in [9.17, 15) is 4.79 Å². The minimum atomic E-state index is 0.266. The zero-order valence-corrected chi connectivity index (χ0v) is 4.13. The van der Waals surface area contributed by atoms with E-state index >= 15 is 0 Å². The van der Waals surface area contributed by atoms with Gasteiger partial charge in [0.25, 0.3) is 0 Å². The van der Waals surface area contributed by atoms with Crippen LogP contribution in [0.1, 0.15) is 10.6 Å². The summed E-state index contributed by atoms with van der Waals surface area (Å²) in [5.74, 6) is 0.266. The van der Waals surface area contributed by atoms with Crippen molar-refractivity contribution in [2.75, 3.05) is 5.73 Å². The van der Waals surface area contributed by atoms with E-state index in [0.29, 0.717) is 12.0 Å². The lowest BCUT2D eigenvalue weighted by atomic mass is 10.4. The summed E-state index contributed by atoms with van der Waals surface area (Å²) >= 11 is 0. The number of hydrogen-bond donors (Lipinski definition) is 1. The second-order valence-corrected chi connectivity index (χ2v) is 1.40. The quantitative estimate of drug-likeness (QED) is 0.542. The van der Waals surface area contributed by atoms with Crippen LogP contribution < -0.4 is 5.73 Å². The summed E-state index contributed by atoms with van der Waals surface area (Å²) in [5, 5.41) is 0. The molecule has 3 heteroatoms. The van der Waals surface area contributed by atoms with Crippen LogP contribution in [0.25, 0.3) is 0 Å². The van der Waals surface area contributed by atoms with Crippen LogP contribution in [0.3, 0.4) is 0 Å². The zero-order valence-electron chi connectivity index (χ0n) is 4.13. The van der Waals surface area contributed by atoms with Crippen molar-refractivity contribution in [2.45, 2.75) is 0 Å². The number of rotatable bonds is 1. The highest BCUT2D eigenvalue weighted by atomic mass is 16.3. The Hall–Kier alpha value is -1.25. The van der Waals surface area contributed by atoms with Crippen LogP contribution in [0.4, 0.5) is 5.69 Å². The predicted octanol–water partition coefficient (Wildman–Crippen LogP) is 0.674. The fourth-order valence-corrected chi connectivity index (χ4v) is 0.430. The Morgan fingerprint density at radius 1 is 1.75 bits per heavy atom. The lowest BCUT2D eigenvalue weighted by molar-refractivity contribution is 0.110. The number of carbonyl (C=O) groups excluding carboxylic acids is 1. The van der Waals surface area contributed by atoms with Gasteiger partial charge in [0.15, 0.2) is 12.0 Å². The highest BCUT2D eigenvalue weighted by molar-refractivity contribution is 5.72. The number of aldehydes is 1. The molecule has 1 aromatic heterocycles. The van der Waals surface area contributed by atoms with Crippen LogP contribution >= 0.6 is 0 Å². The average molecular weight is 111 g/mol. The van der Waals surface area contributed by atoms with Gasteiger partial charge in [0.05, 0.1) is 5.69 Å². The van der Waals surface area contributed by atoms with Crippen LogP contribution in [-0.4, -0.2) is 6.29 Å². The van der Waals surface area contributed by atoms with Crippen LogP contribution in [0.15, 0.2) is 16.7 Å². The zero-order chi connectivity index (χ0) is 5.98. The van der Waals surface area contributed by atoms with Crippen molar-refractivity contribution in [3.8, 4) is 0 Å². The first-order valence-electron chi connectivity index (χ1n) is 2.12. The molecule has 0 amide bonds. The summed E-state index contributed by atoms with van der Waals surface area (Å²) in [6.45, 7) is 0. The number of carbonyl (C=O) groups is 1. The summed E-state index contributed by atoms with van der Waals surface area (Å²) in [4.78, 5) is 9.87. The molecule has 0 spiro atoms. The van der Waals surface area contributed by atoms with Crippen LogP contribution in [0, 0.1) is 0 Å². The summed E-state index contributed by atoms with van der Waals surface area (Å²) in [5.41, 5.74) is 5.68. The Kier molecular flexibility index (Phi) is 1.04. The highest BCUT2D eigenvalue weighted by Crippen LogP contribution is 2.05. The molecule has 1 rings (SSSR count). The molecule has 3 nitrogen and oxygen atoms in total. The molecular weight excluding hydrogens is 106 g/mol. The second-order valence-electron chi connectivity index (χ2n) is 1.40. The molecule has 0 aliphatic rings. The van der Waals surface area contributed by atoms with E-state index in [4.69, 9.17) is 5.73 Å². The smallest absolute Gasteiger partial charge is 0.185 e. The highest BCUT2D eigenvalue weighted by Gasteiger charge is 1.92. The molecule has 0 fully saturated rings. The van der Waals surface area contributed by atoms with Gasteiger partial charge in [-0.25, -0.2) is 0 Å². The first-order valence-corrected chi connectivity index (χ1v) is 2.12. The molecule has 8 heavy (non-hydrogen) atoms. The van der Waals surface area contributed by atoms with E-state index < -0.39 is 0 Å². The standard InChI is InChI=1S/C5H5NO2/c6-4-1-5(2-7)8-3-4/h1-3H,6H2. The molecule has 0 atom stereocenters. The van der Waals surface area contributed by atoms with Gasteiger partial charge in [0.2, 0.25) is 0 Å². The maximum Gasteiger partial charge on any atom is 0.185 e. The van der Waals surface area contributed by atoms with Crippen molar-refractivity contribution >= 4 is 12.0 Å². The van der Waals surface area contributed by atoms with Gasteiger partial charge in [0.1, 0.15) is 6.26 Å². The molecule has 0 aromatic carbocycles. The molecule has 0 aliphatic carbocycles. The lowest BCUT2D eigenvalue weighted by Gasteiger charge is -1.69. The third kappa shape index (κ3) is 0.703. The maximum absolute atomic E-state index is 9.87. The Morgan fingerprint density at radius 3 is 2.75 bits per heavy atom. The Morgan fingerprint density at radius 2 is 2.50 bits per heavy atom. The van der Waals surface area contributed by atoms with Gasteiger partial charge in [-0.15, -0.1) is 0 Å². The van der Waals surface area contributed by atoms with Crippen molar-refractivity contribution in [3.05, 3.63) is 18.1 Å². The van der Waals surface area contributed by atoms with E-state index in [-0.39, 0.29) is 5.76 Å². The minimum absolute atomic E-state index is 0.266. The van der Waals surface area contributed by atoms with E-state index in [2.05, 4.69) is 4.42 Å². The molecule has 0 saturated carbocycles. The average Bonchev–Trinajstić information content (AvgIpc) is 2.14. The number of furan rings is 1. The molecule has 0 unspecified atom stereocenters. The SMILES string of the molecule is Nc1coc(C=O)c1. The summed E-state index contributed by atoms with van der Waals surface area (Å²) < 4.78 is 4.62. The van der Waals surface area contributed by atoms with Crippen LogP contribution in [0.2, 0.25) is 0 Å². The molecule has 0 radical (unpaired) electrons. The van der Waals surface area contributed by atoms with Gasteiger partial charge in [-0.1, -0.05) is 0 Å². The fourth-order valence-electron chi connectivity index (χ4n) is 0.430. The van der Waals surface area contributed by atoms with Crippen molar-refractivity contribution in [1.82, 2.24) is 0 Å². The molecule has 0 aliphatic heterocycles. The van der Waals surface area contributed by atoms with Gasteiger partial charge in [0, 0.05) is 6.07 Å². The minimum Gasteiger partial charge on any atom is -0.459 e. The Balaban J connectivity index is 3.00. The van der Waals surface area contributed by atoms with Crippen LogP contribution in [0.5, 0.6) is 0 Å². The summed E-state index contributed by atoms with van der Waals surface area (Å²) in [6.07, 6.45) is 1.93. The second kappa shape index (κ2) is 1.69. The molecule has 42 valence electrons. The number of hydrogen-bond acceptors (Lipinski definition) is 3. The molecule has 1 heterocycles. The Bertz CT molecular complexity index is 192. The van der Waals surface area contributed by atoms with Crippen molar-refractivity contribution in [3.63, 3.8) is 0 Å². The first kappa shape index (κ1) is 4.90. The van der Waals surface area contributed by atoms with Crippen LogP contribution in [-0.2, 0) is 0 Å². The predicted molar refractivity (Wildman–Crippen MR) is 28.5 cm³/mol. The molecule has 0 bridgehead atoms. The third-order valence-electron chi connectivity index (χ3n) is 0.756. The largest absolute Gasteiger partial charge is 0.459 e. The number of anilines is 1. The number of nitrogens with two attached hydrogens (primary N) is 1. The van der Waals surface area contributed by atoms with Gasteiger partial charge >= 0.3 is 0 Å². The summed E-state index contributed by atoms with van der Waals surface area (Å²) in [6, 6.07) is 1.47. The Labute approximate surface area is 46.1 Å². The van der Waals surface area contributed by atoms with Gasteiger partial charge < -0.3 is 10.2 Å². The maximum atomic E-state index is 9.87. The summed E-state index contributed by atoms with van der Waals surface area (Å²) in [7, 11) is 0. The van der Waals surface area contributed by atoms with Crippen molar-refractivity contribution < 1.29 is 9.21 Å². The molecular formula is C5H5NO2.